The number of hydrogen-bond donors (Lipinski definition) is 2. The summed E-state index contributed by atoms with van der Waals surface area (Å²) in [6.07, 6.45) is 1.50. The first-order chi connectivity index (χ1) is 15.9. The zero-order valence-corrected chi connectivity index (χ0v) is 17.7. The third-order valence-electron chi connectivity index (χ3n) is 5.23. The average Bonchev–Trinajstić information content (AvgIpc) is 3.20. The number of benzene rings is 3. The van der Waals surface area contributed by atoms with Crippen LogP contribution in [0.4, 0.5) is 10.1 Å². The van der Waals surface area contributed by atoms with Gasteiger partial charge < -0.3 is 11.1 Å². The van der Waals surface area contributed by atoms with Gasteiger partial charge in [-0.2, -0.15) is 5.10 Å². The lowest BCUT2D eigenvalue weighted by atomic mass is 10.0. The number of amides is 2. The van der Waals surface area contributed by atoms with Gasteiger partial charge in [-0.05, 0) is 60.0 Å². The maximum absolute atomic E-state index is 13.5. The Labute approximate surface area is 191 Å². The van der Waals surface area contributed by atoms with E-state index in [-0.39, 0.29) is 16.4 Å². The molecule has 0 saturated heterocycles. The summed E-state index contributed by atoms with van der Waals surface area (Å²) >= 11 is 6.04. The largest absolute Gasteiger partial charge is 0.364 e. The van der Waals surface area contributed by atoms with Crippen LogP contribution >= 0.6 is 11.6 Å². The lowest BCUT2D eigenvalue weighted by molar-refractivity contribution is 0.0994. The van der Waals surface area contributed by atoms with Crippen LogP contribution in [0, 0.1) is 5.82 Å². The van der Waals surface area contributed by atoms with E-state index in [4.69, 9.17) is 17.3 Å². The highest BCUT2D eigenvalue weighted by Gasteiger charge is 2.19. The van der Waals surface area contributed by atoms with E-state index in [0.29, 0.717) is 27.7 Å². The van der Waals surface area contributed by atoms with Crippen molar-refractivity contribution >= 4 is 50.8 Å². The first kappa shape index (κ1) is 20.6. The molecule has 0 unspecified atom stereocenters. The number of pyridine rings is 1. The standard InChI is InChI=1S/C24H15ClFN5O2/c25-22-18(2-1-11-28-22)24(33)29-15-7-3-13-4-10-17-20(23(27)32)30-31(21(17)19(13)12-15)16-8-5-14(26)6-9-16/h1-12H,(H2,27,32)(H,29,33). The average molecular weight is 460 g/mol. The maximum atomic E-state index is 13.5. The number of carbonyl (C=O) groups is 2. The van der Waals surface area contributed by atoms with Crippen LogP contribution < -0.4 is 11.1 Å². The molecule has 0 saturated carbocycles. The van der Waals surface area contributed by atoms with Gasteiger partial charge in [0.05, 0.1) is 16.8 Å². The molecular weight excluding hydrogens is 445 g/mol. The first-order valence-electron chi connectivity index (χ1n) is 9.85. The molecule has 0 radical (unpaired) electrons. The van der Waals surface area contributed by atoms with Crippen LogP contribution in [0.1, 0.15) is 20.8 Å². The summed E-state index contributed by atoms with van der Waals surface area (Å²) in [5.41, 5.74) is 7.56. The smallest absolute Gasteiger partial charge is 0.269 e. The van der Waals surface area contributed by atoms with E-state index in [1.54, 1.807) is 47.1 Å². The molecule has 0 aliphatic heterocycles. The number of fused-ring (bicyclic) bond motifs is 3. The molecule has 3 N–H and O–H groups in total. The Bertz CT molecular complexity index is 1560. The van der Waals surface area contributed by atoms with Crippen molar-refractivity contribution in [3.63, 3.8) is 0 Å². The number of hydrogen-bond acceptors (Lipinski definition) is 4. The molecule has 2 aromatic heterocycles. The van der Waals surface area contributed by atoms with Crippen molar-refractivity contribution in [2.75, 3.05) is 5.32 Å². The Morgan fingerprint density at radius 1 is 1.00 bits per heavy atom. The number of rotatable bonds is 4. The Morgan fingerprint density at radius 2 is 1.76 bits per heavy atom. The molecule has 162 valence electrons. The van der Waals surface area contributed by atoms with Gasteiger partial charge >= 0.3 is 0 Å². The number of nitrogens with two attached hydrogens (primary N) is 1. The number of anilines is 1. The summed E-state index contributed by atoms with van der Waals surface area (Å²) in [6, 6.07) is 17.9. The second-order valence-electron chi connectivity index (χ2n) is 7.29. The molecule has 9 heteroatoms. The third kappa shape index (κ3) is 3.66. The number of carbonyl (C=O) groups excluding carboxylic acids is 2. The maximum Gasteiger partial charge on any atom is 0.269 e. The SMILES string of the molecule is NC(=O)c1nn(-c2ccc(F)cc2)c2c1ccc1ccc(NC(=O)c3cccnc3Cl)cc12. The minimum absolute atomic E-state index is 0.0906. The van der Waals surface area contributed by atoms with Gasteiger partial charge in [-0.25, -0.2) is 14.1 Å². The Balaban J connectivity index is 1.69. The topological polar surface area (TPSA) is 103 Å². The molecule has 0 atom stereocenters. The van der Waals surface area contributed by atoms with Crippen LogP contribution in [-0.2, 0) is 0 Å². The molecule has 0 spiro atoms. The lowest BCUT2D eigenvalue weighted by Gasteiger charge is -2.10. The second kappa shape index (κ2) is 7.99. The van der Waals surface area contributed by atoms with Gasteiger partial charge in [-0.1, -0.05) is 23.7 Å². The fourth-order valence-electron chi connectivity index (χ4n) is 3.71. The molecular formula is C24H15ClFN5O2. The van der Waals surface area contributed by atoms with Crippen molar-refractivity contribution in [1.29, 1.82) is 0 Å². The molecule has 5 aromatic rings. The Morgan fingerprint density at radius 3 is 2.48 bits per heavy atom. The summed E-state index contributed by atoms with van der Waals surface area (Å²) in [5.74, 6) is -1.49. The fourth-order valence-corrected chi connectivity index (χ4v) is 3.91. The van der Waals surface area contributed by atoms with Crippen LogP contribution in [0.15, 0.2) is 72.9 Å². The van der Waals surface area contributed by atoms with Gasteiger partial charge in [0.1, 0.15) is 11.0 Å². The van der Waals surface area contributed by atoms with E-state index >= 15 is 0 Å². The van der Waals surface area contributed by atoms with Gasteiger partial charge in [0.15, 0.2) is 5.69 Å². The lowest BCUT2D eigenvalue weighted by Crippen LogP contribution is -2.12. The minimum Gasteiger partial charge on any atom is -0.364 e. The Hall–Kier alpha value is -4.30. The van der Waals surface area contributed by atoms with Crippen molar-refractivity contribution in [3.8, 4) is 5.69 Å². The molecule has 0 aliphatic rings. The zero-order chi connectivity index (χ0) is 23.1. The van der Waals surface area contributed by atoms with Crippen molar-refractivity contribution < 1.29 is 14.0 Å². The fraction of sp³-hybridized carbons (Fsp3) is 0. The van der Waals surface area contributed by atoms with Crippen molar-refractivity contribution in [3.05, 3.63) is 95.2 Å². The van der Waals surface area contributed by atoms with Crippen LogP contribution in [0.25, 0.3) is 27.4 Å². The van der Waals surface area contributed by atoms with Gasteiger partial charge in [0.2, 0.25) is 0 Å². The molecule has 7 nitrogen and oxygen atoms in total. The van der Waals surface area contributed by atoms with Gasteiger partial charge in [-0.15, -0.1) is 0 Å². The van der Waals surface area contributed by atoms with Crippen LogP contribution in [-0.4, -0.2) is 26.6 Å². The highest BCUT2D eigenvalue weighted by molar-refractivity contribution is 6.33. The third-order valence-corrected chi connectivity index (χ3v) is 5.53. The summed E-state index contributed by atoms with van der Waals surface area (Å²) in [7, 11) is 0. The van der Waals surface area contributed by atoms with Crippen molar-refractivity contribution in [1.82, 2.24) is 14.8 Å². The van der Waals surface area contributed by atoms with Crippen LogP contribution in [0.2, 0.25) is 5.15 Å². The minimum atomic E-state index is -0.684. The predicted molar refractivity (Wildman–Crippen MR) is 124 cm³/mol. The van der Waals surface area contributed by atoms with E-state index in [2.05, 4.69) is 15.4 Å². The van der Waals surface area contributed by atoms with E-state index in [1.807, 2.05) is 12.1 Å². The number of nitrogens with one attached hydrogen (secondary N) is 1. The number of halogens is 2. The van der Waals surface area contributed by atoms with E-state index in [9.17, 15) is 14.0 Å². The summed E-state index contributed by atoms with van der Waals surface area (Å²) in [5, 5.41) is 9.41. The zero-order valence-electron chi connectivity index (χ0n) is 16.9. The van der Waals surface area contributed by atoms with Crippen LogP contribution in [0.5, 0.6) is 0 Å². The number of aromatic nitrogens is 3. The summed E-state index contributed by atoms with van der Waals surface area (Å²) in [4.78, 5) is 28.7. The molecule has 0 fully saturated rings. The summed E-state index contributed by atoms with van der Waals surface area (Å²) in [6.45, 7) is 0. The molecule has 0 aliphatic carbocycles. The van der Waals surface area contributed by atoms with Gasteiger partial charge in [0.25, 0.3) is 11.8 Å². The normalized spacial score (nSPS) is 11.1. The Kier molecular flexibility index (Phi) is 4.99. The van der Waals surface area contributed by atoms with Crippen molar-refractivity contribution in [2.24, 2.45) is 5.73 Å². The number of primary amides is 1. The first-order valence-corrected chi connectivity index (χ1v) is 10.2. The van der Waals surface area contributed by atoms with Gasteiger partial charge in [0, 0.05) is 22.7 Å². The highest BCUT2D eigenvalue weighted by atomic mass is 35.5. The molecule has 5 rings (SSSR count). The summed E-state index contributed by atoms with van der Waals surface area (Å²) < 4.78 is 15.0. The monoisotopic (exact) mass is 459 g/mol. The van der Waals surface area contributed by atoms with Crippen LogP contribution in [0.3, 0.4) is 0 Å². The van der Waals surface area contributed by atoms with E-state index < -0.39 is 17.6 Å². The van der Waals surface area contributed by atoms with E-state index in [0.717, 1.165) is 5.39 Å². The second-order valence-corrected chi connectivity index (χ2v) is 7.65. The molecule has 2 amide bonds. The highest BCUT2D eigenvalue weighted by Crippen LogP contribution is 2.32. The number of nitrogens with zero attached hydrogens (tertiary/aromatic N) is 3. The molecule has 2 heterocycles. The molecule has 0 bridgehead atoms. The molecule has 3 aromatic carbocycles. The quantitative estimate of drug-likeness (QED) is 0.379. The predicted octanol–water partition coefficient (Wildman–Crippen LogP) is 4.72. The molecule has 33 heavy (non-hydrogen) atoms. The van der Waals surface area contributed by atoms with E-state index in [1.165, 1.54) is 18.3 Å². The van der Waals surface area contributed by atoms with Gasteiger partial charge in [-0.3, -0.25) is 9.59 Å². The van der Waals surface area contributed by atoms with Crippen molar-refractivity contribution in [2.45, 2.75) is 0 Å².